The average Bonchev–Trinajstić information content (AvgIpc) is 3.36. The van der Waals surface area contributed by atoms with Gasteiger partial charge in [0, 0.05) is 37.6 Å². The first-order chi connectivity index (χ1) is 16.9. The number of hydrogen-bond acceptors (Lipinski definition) is 11. The van der Waals surface area contributed by atoms with Gasteiger partial charge in [-0.1, -0.05) is 0 Å². The summed E-state index contributed by atoms with van der Waals surface area (Å²) >= 11 is 0. The summed E-state index contributed by atoms with van der Waals surface area (Å²) in [5.41, 5.74) is 2.62. The summed E-state index contributed by atoms with van der Waals surface area (Å²) in [5, 5.41) is 37.7. The van der Waals surface area contributed by atoms with E-state index < -0.39 is 24.2 Å². The number of aliphatic hydroxyl groups is 3. The molecule has 1 aliphatic carbocycles. The van der Waals surface area contributed by atoms with Gasteiger partial charge < -0.3 is 39.8 Å². The number of anilines is 2. The molecule has 11 nitrogen and oxygen atoms in total. The van der Waals surface area contributed by atoms with E-state index in [1.54, 1.807) is 7.11 Å². The Morgan fingerprint density at radius 3 is 2.56 bits per heavy atom. The van der Waals surface area contributed by atoms with Crippen LogP contribution in [0.4, 0.5) is 11.8 Å². The Morgan fingerprint density at radius 1 is 1.11 bits per heavy atom. The maximum Gasteiger partial charge on any atom is 0.224 e. The van der Waals surface area contributed by atoms with Gasteiger partial charge in [0.2, 0.25) is 11.8 Å². The molecular formula is C24H34ClN5O6. The molecule has 4 atom stereocenters. The monoisotopic (exact) mass is 523 g/mol. The number of fused-ring (bicyclic) bond motifs is 1. The zero-order valence-electron chi connectivity index (χ0n) is 20.8. The number of aryl methyl sites for hydroxylation is 2. The first kappa shape index (κ1) is 27.9. The van der Waals surface area contributed by atoms with Crippen molar-refractivity contribution in [3.63, 3.8) is 0 Å². The Morgan fingerprint density at radius 2 is 1.89 bits per heavy atom. The standard InChI is InChI=1S/C24H33N5O6.ClH/c1-5-34-18-10-14-9-17(35-22(14)13(3)26-18)19-12(2)27-24(25-6-7-33-4)29-23(19)28-16-8-15(11-30)20(31)21(16)32;/h9-10,15-16,20-21,30-32H,5-8,11H2,1-4H3,(H2,25,27,28,29);1H/t15-,16-,20-,21+;/m1./s1. The van der Waals surface area contributed by atoms with Gasteiger partial charge in [-0.15, -0.1) is 12.4 Å². The highest BCUT2D eigenvalue weighted by molar-refractivity contribution is 5.88. The zero-order valence-corrected chi connectivity index (χ0v) is 21.6. The van der Waals surface area contributed by atoms with E-state index in [0.717, 1.165) is 5.39 Å². The molecule has 0 aromatic carbocycles. The summed E-state index contributed by atoms with van der Waals surface area (Å²) in [4.78, 5) is 13.7. The van der Waals surface area contributed by atoms with E-state index >= 15 is 0 Å². The number of pyridine rings is 1. The molecule has 4 rings (SSSR count). The van der Waals surface area contributed by atoms with Crippen LogP contribution in [0.3, 0.4) is 0 Å². The first-order valence-corrected chi connectivity index (χ1v) is 11.8. The lowest BCUT2D eigenvalue weighted by molar-refractivity contribution is 0.00446. The molecule has 3 aromatic heterocycles. The predicted molar refractivity (Wildman–Crippen MR) is 138 cm³/mol. The molecule has 5 N–H and O–H groups in total. The molecule has 3 aromatic rings. The molecule has 36 heavy (non-hydrogen) atoms. The van der Waals surface area contributed by atoms with Crippen LogP contribution in [0.5, 0.6) is 5.88 Å². The van der Waals surface area contributed by atoms with E-state index in [9.17, 15) is 15.3 Å². The van der Waals surface area contributed by atoms with Gasteiger partial charge in [-0.3, -0.25) is 0 Å². The van der Waals surface area contributed by atoms with Gasteiger partial charge in [0.25, 0.3) is 0 Å². The van der Waals surface area contributed by atoms with E-state index in [2.05, 4.69) is 25.6 Å². The molecular weight excluding hydrogens is 490 g/mol. The fourth-order valence-corrected chi connectivity index (χ4v) is 4.46. The predicted octanol–water partition coefficient (Wildman–Crippen LogP) is 2.29. The smallest absolute Gasteiger partial charge is 0.224 e. The van der Waals surface area contributed by atoms with Crippen molar-refractivity contribution >= 4 is 35.1 Å². The van der Waals surface area contributed by atoms with Crippen molar-refractivity contribution in [1.82, 2.24) is 15.0 Å². The minimum absolute atomic E-state index is 0. The Balaban J connectivity index is 0.00000361. The van der Waals surface area contributed by atoms with Gasteiger partial charge in [-0.05, 0) is 33.3 Å². The molecule has 0 radical (unpaired) electrons. The SMILES string of the molecule is CCOc1cc2cc(-c3c(C)nc(NCCOC)nc3N[C@@H]3C[C@H](CO)[C@@H](O)[C@H]3O)oc2c(C)n1.Cl. The van der Waals surface area contributed by atoms with E-state index in [1.165, 1.54) is 0 Å². The van der Waals surface area contributed by atoms with Gasteiger partial charge in [0.1, 0.15) is 17.7 Å². The van der Waals surface area contributed by atoms with Crippen molar-refractivity contribution in [2.75, 3.05) is 44.1 Å². The summed E-state index contributed by atoms with van der Waals surface area (Å²) in [6.45, 7) is 6.90. The molecule has 0 saturated heterocycles. The van der Waals surface area contributed by atoms with Gasteiger partial charge in [0.15, 0.2) is 5.58 Å². The molecule has 1 fully saturated rings. The number of nitrogens with zero attached hydrogens (tertiary/aromatic N) is 3. The van der Waals surface area contributed by atoms with Crippen molar-refractivity contribution < 1.29 is 29.2 Å². The second-order valence-electron chi connectivity index (χ2n) is 8.69. The summed E-state index contributed by atoms with van der Waals surface area (Å²) < 4.78 is 16.9. The summed E-state index contributed by atoms with van der Waals surface area (Å²) in [6.07, 6.45) is -1.70. The third-order valence-corrected chi connectivity index (χ3v) is 6.22. The fourth-order valence-electron chi connectivity index (χ4n) is 4.46. The lowest BCUT2D eigenvalue weighted by atomic mass is 10.1. The van der Waals surface area contributed by atoms with Crippen molar-refractivity contribution in [1.29, 1.82) is 0 Å². The van der Waals surface area contributed by atoms with Gasteiger partial charge in [0.05, 0.1) is 42.3 Å². The highest BCUT2D eigenvalue weighted by Crippen LogP contribution is 2.38. The van der Waals surface area contributed by atoms with E-state index in [0.29, 0.717) is 72.1 Å². The summed E-state index contributed by atoms with van der Waals surface area (Å²) in [7, 11) is 1.61. The number of methoxy groups -OCH3 is 1. The van der Waals surface area contributed by atoms with Crippen molar-refractivity contribution in [3.05, 3.63) is 23.5 Å². The molecule has 198 valence electrons. The van der Waals surface area contributed by atoms with E-state index in [1.807, 2.05) is 32.9 Å². The average molecular weight is 524 g/mol. The van der Waals surface area contributed by atoms with E-state index in [-0.39, 0.29) is 19.0 Å². The molecule has 1 aliphatic rings. The molecule has 0 bridgehead atoms. The molecule has 0 aliphatic heterocycles. The fraction of sp³-hybridized carbons (Fsp3) is 0.542. The highest BCUT2D eigenvalue weighted by atomic mass is 35.5. The number of ether oxygens (including phenoxy) is 2. The maximum atomic E-state index is 10.6. The number of furan rings is 1. The quantitative estimate of drug-likeness (QED) is 0.248. The summed E-state index contributed by atoms with van der Waals surface area (Å²) in [5.74, 6) is 1.47. The number of aliphatic hydroxyl groups excluding tert-OH is 3. The number of rotatable bonds is 10. The number of hydrogen-bond donors (Lipinski definition) is 5. The van der Waals surface area contributed by atoms with Crippen molar-refractivity contribution in [2.45, 2.75) is 45.4 Å². The minimum Gasteiger partial charge on any atom is -0.478 e. The first-order valence-electron chi connectivity index (χ1n) is 11.8. The van der Waals surface area contributed by atoms with Crippen LogP contribution in [0.25, 0.3) is 22.3 Å². The third-order valence-electron chi connectivity index (χ3n) is 6.22. The third kappa shape index (κ3) is 5.65. The normalized spacial score (nSPS) is 21.4. The number of nitrogens with one attached hydrogen (secondary N) is 2. The number of aromatic nitrogens is 3. The molecule has 1 saturated carbocycles. The topological polar surface area (TPSA) is 155 Å². The minimum atomic E-state index is -1.06. The molecule has 0 unspecified atom stereocenters. The Kier molecular flexibility index (Phi) is 9.31. The van der Waals surface area contributed by atoms with Gasteiger partial charge in [-0.2, -0.15) is 4.98 Å². The van der Waals surface area contributed by atoms with E-state index in [4.69, 9.17) is 13.9 Å². The molecule has 3 heterocycles. The second kappa shape index (κ2) is 12.0. The zero-order chi connectivity index (χ0) is 25.1. The maximum absolute atomic E-state index is 10.6. The Labute approximate surface area is 215 Å². The van der Waals surface area contributed by atoms with Gasteiger partial charge in [-0.25, -0.2) is 9.97 Å². The van der Waals surface area contributed by atoms with Crippen LogP contribution in [-0.2, 0) is 4.74 Å². The van der Waals surface area contributed by atoms with Crippen LogP contribution in [0.15, 0.2) is 16.5 Å². The largest absolute Gasteiger partial charge is 0.478 e. The van der Waals surface area contributed by atoms with Crippen LogP contribution in [0.2, 0.25) is 0 Å². The molecule has 12 heteroatoms. The van der Waals surface area contributed by atoms with Crippen molar-refractivity contribution in [3.8, 4) is 17.2 Å². The lowest BCUT2D eigenvalue weighted by Crippen LogP contribution is -2.35. The summed E-state index contributed by atoms with van der Waals surface area (Å²) in [6, 6.07) is 3.20. The van der Waals surface area contributed by atoms with Crippen LogP contribution in [-0.4, -0.2) is 82.0 Å². The van der Waals surface area contributed by atoms with Crippen LogP contribution < -0.4 is 15.4 Å². The Hall–Kier alpha value is -2.70. The second-order valence-corrected chi connectivity index (χ2v) is 8.69. The molecule has 0 spiro atoms. The van der Waals surface area contributed by atoms with Crippen LogP contribution >= 0.6 is 12.4 Å². The Bertz CT molecular complexity index is 1180. The highest BCUT2D eigenvalue weighted by Gasteiger charge is 2.41. The number of halogens is 1. The van der Waals surface area contributed by atoms with Crippen molar-refractivity contribution in [2.24, 2.45) is 5.92 Å². The van der Waals surface area contributed by atoms with Crippen LogP contribution in [0.1, 0.15) is 24.7 Å². The lowest BCUT2D eigenvalue weighted by Gasteiger charge is -2.21. The molecule has 0 amide bonds. The van der Waals surface area contributed by atoms with Gasteiger partial charge >= 0.3 is 0 Å². The van der Waals surface area contributed by atoms with Crippen LogP contribution in [0, 0.1) is 19.8 Å².